The van der Waals surface area contributed by atoms with Gasteiger partial charge >= 0.3 is 0 Å². The summed E-state index contributed by atoms with van der Waals surface area (Å²) in [5.74, 6) is 1.11. The van der Waals surface area contributed by atoms with Gasteiger partial charge in [0.25, 0.3) is 0 Å². The Morgan fingerprint density at radius 3 is 3.00 bits per heavy atom. The van der Waals surface area contributed by atoms with Gasteiger partial charge in [-0.3, -0.25) is 0 Å². The van der Waals surface area contributed by atoms with Gasteiger partial charge in [-0.1, -0.05) is 11.6 Å². The third-order valence-electron chi connectivity index (χ3n) is 2.79. The summed E-state index contributed by atoms with van der Waals surface area (Å²) in [5.41, 5.74) is 0.585. The Kier molecular flexibility index (Phi) is 4.03. The molecular formula is C13H18ClNOS. The van der Waals surface area contributed by atoms with E-state index in [4.69, 9.17) is 11.6 Å². The molecule has 1 heterocycles. The van der Waals surface area contributed by atoms with Crippen molar-refractivity contribution in [2.75, 3.05) is 12.3 Å². The number of hydrogen-bond acceptors (Lipinski definition) is 3. The first-order valence-corrected chi connectivity index (χ1v) is 7.20. The fraction of sp³-hybridized carbons (Fsp3) is 0.538. The highest BCUT2D eigenvalue weighted by atomic mass is 35.5. The summed E-state index contributed by atoms with van der Waals surface area (Å²) in [6.45, 7) is 4.22. The molecule has 17 heavy (non-hydrogen) atoms. The van der Waals surface area contributed by atoms with Crippen LogP contribution in [0.5, 0.6) is 0 Å². The molecule has 0 bridgehead atoms. The summed E-state index contributed by atoms with van der Waals surface area (Å²) >= 11 is 7.92. The number of aliphatic hydroxyl groups is 1. The van der Waals surface area contributed by atoms with E-state index in [0.29, 0.717) is 12.6 Å². The second-order valence-electron chi connectivity index (χ2n) is 5.07. The lowest BCUT2D eigenvalue weighted by Crippen LogP contribution is -2.37. The van der Waals surface area contributed by atoms with Crippen molar-refractivity contribution in [2.45, 2.75) is 36.8 Å². The lowest BCUT2D eigenvalue weighted by molar-refractivity contribution is 0.0761. The molecule has 1 unspecified atom stereocenters. The van der Waals surface area contributed by atoms with E-state index in [9.17, 15) is 5.11 Å². The van der Waals surface area contributed by atoms with E-state index in [1.807, 2.05) is 37.7 Å². The maximum Gasteiger partial charge on any atom is 0.0715 e. The van der Waals surface area contributed by atoms with Gasteiger partial charge in [0.2, 0.25) is 0 Å². The molecule has 0 saturated carbocycles. The van der Waals surface area contributed by atoms with Gasteiger partial charge in [0, 0.05) is 22.5 Å². The average Bonchev–Trinajstić information content (AvgIpc) is 2.25. The number of fused-ring (bicyclic) bond motifs is 1. The average molecular weight is 272 g/mol. The first-order chi connectivity index (χ1) is 7.96. The van der Waals surface area contributed by atoms with Crippen LogP contribution in [-0.4, -0.2) is 23.0 Å². The van der Waals surface area contributed by atoms with Gasteiger partial charge in [-0.05, 0) is 49.8 Å². The zero-order valence-electron chi connectivity index (χ0n) is 10.2. The summed E-state index contributed by atoms with van der Waals surface area (Å²) in [7, 11) is 0. The van der Waals surface area contributed by atoms with Crippen molar-refractivity contribution in [1.29, 1.82) is 0 Å². The lowest BCUT2D eigenvalue weighted by Gasteiger charge is -2.29. The van der Waals surface area contributed by atoms with Crippen LogP contribution in [0.4, 0.5) is 0 Å². The Bertz CT molecular complexity index is 403. The van der Waals surface area contributed by atoms with E-state index in [2.05, 4.69) is 11.4 Å². The summed E-state index contributed by atoms with van der Waals surface area (Å²) in [5, 5.41) is 14.0. The summed E-state index contributed by atoms with van der Waals surface area (Å²) in [6, 6.07) is 6.35. The van der Waals surface area contributed by atoms with Crippen LogP contribution in [0.3, 0.4) is 0 Å². The number of benzene rings is 1. The molecule has 0 spiro atoms. The third kappa shape index (κ3) is 3.62. The Morgan fingerprint density at radius 2 is 2.29 bits per heavy atom. The standard InChI is InChI=1S/C13H18ClNOS/c1-13(2,16)8-15-11-5-6-17-12-4-3-9(14)7-10(11)12/h3-4,7,11,15-16H,5-6,8H2,1-2H3. The SMILES string of the molecule is CC(C)(O)CNC1CCSc2ccc(Cl)cc21. The highest BCUT2D eigenvalue weighted by Crippen LogP contribution is 2.37. The van der Waals surface area contributed by atoms with Crippen molar-refractivity contribution in [2.24, 2.45) is 0 Å². The van der Waals surface area contributed by atoms with Crippen molar-refractivity contribution >= 4 is 23.4 Å². The zero-order valence-corrected chi connectivity index (χ0v) is 11.7. The largest absolute Gasteiger partial charge is 0.389 e. The second kappa shape index (κ2) is 5.19. The summed E-state index contributed by atoms with van der Waals surface area (Å²) in [4.78, 5) is 1.30. The van der Waals surface area contributed by atoms with Crippen LogP contribution in [0.1, 0.15) is 31.9 Å². The van der Waals surface area contributed by atoms with E-state index < -0.39 is 5.60 Å². The molecule has 2 nitrogen and oxygen atoms in total. The molecule has 1 aromatic carbocycles. The quantitative estimate of drug-likeness (QED) is 0.885. The molecule has 2 rings (SSSR count). The molecule has 1 aliphatic rings. The minimum absolute atomic E-state index is 0.302. The Hall–Kier alpha value is -0.220. The first-order valence-electron chi connectivity index (χ1n) is 5.84. The first kappa shape index (κ1) is 13.2. The fourth-order valence-corrected chi connectivity index (χ4v) is 3.24. The van der Waals surface area contributed by atoms with Crippen molar-refractivity contribution in [3.05, 3.63) is 28.8 Å². The van der Waals surface area contributed by atoms with Gasteiger partial charge in [-0.25, -0.2) is 0 Å². The van der Waals surface area contributed by atoms with Crippen molar-refractivity contribution < 1.29 is 5.11 Å². The van der Waals surface area contributed by atoms with Gasteiger partial charge in [-0.15, -0.1) is 11.8 Å². The monoisotopic (exact) mass is 271 g/mol. The Balaban J connectivity index is 2.14. The molecule has 4 heteroatoms. The molecule has 1 aromatic rings. The third-order valence-corrected chi connectivity index (χ3v) is 4.15. The molecule has 0 aromatic heterocycles. The van der Waals surface area contributed by atoms with Crippen LogP contribution >= 0.6 is 23.4 Å². The molecular weight excluding hydrogens is 254 g/mol. The van der Waals surface area contributed by atoms with Gasteiger partial charge < -0.3 is 10.4 Å². The molecule has 94 valence electrons. The topological polar surface area (TPSA) is 32.3 Å². The van der Waals surface area contributed by atoms with E-state index >= 15 is 0 Å². The van der Waals surface area contributed by atoms with Crippen LogP contribution < -0.4 is 5.32 Å². The minimum Gasteiger partial charge on any atom is -0.389 e. The minimum atomic E-state index is -0.677. The van der Waals surface area contributed by atoms with E-state index in [0.717, 1.165) is 17.2 Å². The van der Waals surface area contributed by atoms with Gasteiger partial charge in [-0.2, -0.15) is 0 Å². The van der Waals surface area contributed by atoms with Crippen LogP contribution in [0.15, 0.2) is 23.1 Å². The van der Waals surface area contributed by atoms with Crippen molar-refractivity contribution in [1.82, 2.24) is 5.32 Å². The van der Waals surface area contributed by atoms with E-state index in [1.165, 1.54) is 10.5 Å². The number of nitrogens with one attached hydrogen (secondary N) is 1. The highest BCUT2D eigenvalue weighted by Gasteiger charge is 2.22. The molecule has 1 atom stereocenters. The molecule has 0 amide bonds. The van der Waals surface area contributed by atoms with Crippen LogP contribution in [0.2, 0.25) is 5.02 Å². The molecule has 0 aliphatic carbocycles. The van der Waals surface area contributed by atoms with E-state index in [1.54, 1.807) is 0 Å². The van der Waals surface area contributed by atoms with E-state index in [-0.39, 0.29) is 0 Å². The maximum atomic E-state index is 9.76. The lowest BCUT2D eigenvalue weighted by atomic mass is 10.0. The van der Waals surface area contributed by atoms with Gasteiger partial charge in [0.1, 0.15) is 0 Å². The molecule has 1 aliphatic heterocycles. The molecule has 0 saturated heterocycles. The molecule has 0 radical (unpaired) electrons. The van der Waals surface area contributed by atoms with Crippen molar-refractivity contribution in [3.63, 3.8) is 0 Å². The van der Waals surface area contributed by atoms with Crippen LogP contribution in [0, 0.1) is 0 Å². The predicted octanol–water partition coefficient (Wildman–Crippen LogP) is 3.24. The van der Waals surface area contributed by atoms with Crippen LogP contribution in [0.25, 0.3) is 0 Å². The zero-order chi connectivity index (χ0) is 12.5. The highest BCUT2D eigenvalue weighted by molar-refractivity contribution is 7.99. The molecule has 0 fully saturated rings. The number of hydrogen-bond donors (Lipinski definition) is 2. The van der Waals surface area contributed by atoms with Crippen LogP contribution in [-0.2, 0) is 0 Å². The predicted molar refractivity (Wildman–Crippen MR) is 73.8 cm³/mol. The maximum absolute atomic E-state index is 9.76. The smallest absolute Gasteiger partial charge is 0.0715 e. The Morgan fingerprint density at radius 1 is 1.53 bits per heavy atom. The normalized spacial score (nSPS) is 20.1. The second-order valence-corrected chi connectivity index (χ2v) is 6.64. The Labute approximate surface area is 112 Å². The van der Waals surface area contributed by atoms with Crippen molar-refractivity contribution in [3.8, 4) is 0 Å². The number of thioether (sulfide) groups is 1. The summed E-state index contributed by atoms with van der Waals surface area (Å²) in [6.07, 6.45) is 1.08. The van der Waals surface area contributed by atoms with Gasteiger partial charge in [0.05, 0.1) is 5.60 Å². The van der Waals surface area contributed by atoms with Gasteiger partial charge in [0.15, 0.2) is 0 Å². The number of rotatable bonds is 3. The molecule has 2 N–H and O–H groups in total. The number of halogens is 1. The summed E-state index contributed by atoms with van der Waals surface area (Å²) < 4.78 is 0. The fourth-order valence-electron chi connectivity index (χ4n) is 1.95.